The first kappa shape index (κ1) is 33.8. The first-order valence-corrected chi connectivity index (χ1v) is 16.3. The highest BCUT2D eigenvalue weighted by atomic mass is 32.2. The molecule has 0 aliphatic heterocycles. The lowest BCUT2D eigenvalue weighted by Crippen LogP contribution is -2.30. The van der Waals surface area contributed by atoms with Crippen molar-refractivity contribution < 1.29 is 36.4 Å². The summed E-state index contributed by atoms with van der Waals surface area (Å²) in [5, 5.41) is 8.33. The van der Waals surface area contributed by atoms with Crippen LogP contribution in [0.3, 0.4) is 0 Å². The van der Waals surface area contributed by atoms with Gasteiger partial charge in [-0.3, -0.25) is 8.98 Å². The lowest BCUT2D eigenvalue weighted by molar-refractivity contribution is -0.147. The molecule has 2 aromatic heterocycles. The third-order valence-electron chi connectivity index (χ3n) is 7.76. The fraction of sp³-hybridized carbons (Fsp3) is 0.516. The Bertz CT molecular complexity index is 1570. The molecule has 0 spiro atoms. The van der Waals surface area contributed by atoms with Crippen LogP contribution in [0.25, 0.3) is 11.4 Å². The Hall–Kier alpha value is -4.04. The van der Waals surface area contributed by atoms with Gasteiger partial charge in [-0.15, -0.1) is 5.10 Å². The second-order valence-corrected chi connectivity index (χ2v) is 12.8. The maximum Gasteiger partial charge on any atom is 0.409 e. The first-order chi connectivity index (χ1) is 21.5. The second-order valence-electron chi connectivity index (χ2n) is 11.2. The summed E-state index contributed by atoms with van der Waals surface area (Å²) in [6.45, 7) is 4.01. The van der Waals surface area contributed by atoms with Crippen LogP contribution < -0.4 is 4.74 Å². The van der Waals surface area contributed by atoms with Crippen molar-refractivity contribution in [3.05, 3.63) is 53.3 Å². The molecule has 0 saturated heterocycles. The number of esters is 1. The molecule has 0 radical (unpaired) electrons. The second kappa shape index (κ2) is 15.3. The Balaban J connectivity index is 1.26. The summed E-state index contributed by atoms with van der Waals surface area (Å²) in [6, 6.07) is 10.1. The fourth-order valence-corrected chi connectivity index (χ4v) is 6.02. The van der Waals surface area contributed by atoms with E-state index in [1.807, 2.05) is 19.9 Å². The molecular weight excluding hydrogens is 602 g/mol. The minimum atomic E-state index is -3.82. The molecule has 1 aromatic carbocycles. The van der Waals surface area contributed by atoms with Gasteiger partial charge in [-0.25, -0.2) is 14.5 Å². The Morgan fingerprint density at radius 1 is 1.07 bits per heavy atom. The van der Waals surface area contributed by atoms with Gasteiger partial charge in [0.1, 0.15) is 23.7 Å². The minimum absolute atomic E-state index is 0.00800. The van der Waals surface area contributed by atoms with E-state index >= 15 is 0 Å². The maximum atomic E-state index is 12.7. The molecular formula is C31H41N5O8S. The van der Waals surface area contributed by atoms with E-state index in [9.17, 15) is 18.0 Å². The van der Waals surface area contributed by atoms with Gasteiger partial charge in [0, 0.05) is 20.6 Å². The van der Waals surface area contributed by atoms with Crippen LogP contribution in [0, 0.1) is 19.8 Å². The third kappa shape index (κ3) is 9.01. The van der Waals surface area contributed by atoms with Crippen molar-refractivity contribution in [1.29, 1.82) is 0 Å². The number of hydrogen-bond donors (Lipinski definition) is 0. The summed E-state index contributed by atoms with van der Waals surface area (Å²) in [4.78, 5) is 30.9. The lowest BCUT2D eigenvalue weighted by Gasteiger charge is -2.28. The number of aryl methyl sites for hydroxylation is 3. The van der Waals surface area contributed by atoms with E-state index in [4.69, 9.17) is 18.4 Å². The SMILES string of the molecule is COC(=O)[C@H]1CCC[C@H](Oc2ccc(-c3nnn(C)c3COC(=O)N(C)CCCCOS(=O)(=O)c3ccc(C)cc3)nc2C)C1. The predicted octanol–water partition coefficient (Wildman–Crippen LogP) is 4.36. The maximum absolute atomic E-state index is 12.7. The summed E-state index contributed by atoms with van der Waals surface area (Å²) >= 11 is 0. The zero-order chi connectivity index (χ0) is 32.6. The summed E-state index contributed by atoms with van der Waals surface area (Å²) < 4.78 is 47.9. The fourth-order valence-electron chi connectivity index (χ4n) is 5.08. The van der Waals surface area contributed by atoms with Gasteiger partial charge in [0.25, 0.3) is 10.1 Å². The highest BCUT2D eigenvalue weighted by molar-refractivity contribution is 7.86. The molecule has 1 amide bonds. The van der Waals surface area contributed by atoms with Crippen molar-refractivity contribution in [2.45, 2.75) is 70.0 Å². The van der Waals surface area contributed by atoms with Crippen LogP contribution in [0.4, 0.5) is 4.79 Å². The van der Waals surface area contributed by atoms with E-state index in [1.165, 1.54) is 28.8 Å². The summed E-state index contributed by atoms with van der Waals surface area (Å²) in [5.41, 5.74) is 3.23. The van der Waals surface area contributed by atoms with Gasteiger partial charge in [0.15, 0.2) is 0 Å². The van der Waals surface area contributed by atoms with Crippen LogP contribution in [-0.4, -0.2) is 78.8 Å². The Morgan fingerprint density at radius 2 is 1.82 bits per heavy atom. The standard InChI is InChI=1S/C31H41N5O8S/c1-21-11-13-25(14-12-21)45(39,40)43-18-7-6-17-35(3)31(38)42-20-27-29(33-34-36(27)4)26-15-16-28(22(2)32-26)44-24-10-8-9-23(19-24)30(37)41-5/h11-16,23-24H,6-10,17-20H2,1-5H3/t23-,24-/m0/s1. The van der Waals surface area contributed by atoms with Crippen molar-refractivity contribution >= 4 is 22.2 Å². The zero-order valence-electron chi connectivity index (χ0n) is 26.4. The summed E-state index contributed by atoms with van der Waals surface area (Å²) in [7, 11) is 0.899. The van der Waals surface area contributed by atoms with Crippen LogP contribution in [0.15, 0.2) is 41.3 Å². The van der Waals surface area contributed by atoms with Crippen molar-refractivity contribution in [3.8, 4) is 17.1 Å². The average Bonchev–Trinajstić information content (AvgIpc) is 3.40. The predicted molar refractivity (Wildman–Crippen MR) is 164 cm³/mol. The van der Waals surface area contributed by atoms with E-state index in [1.54, 1.807) is 32.3 Å². The number of nitrogens with zero attached hydrogens (tertiary/aromatic N) is 5. The monoisotopic (exact) mass is 643 g/mol. The number of unbranched alkanes of at least 4 members (excludes halogenated alkanes) is 1. The molecule has 0 unspecified atom stereocenters. The average molecular weight is 644 g/mol. The third-order valence-corrected chi connectivity index (χ3v) is 9.08. The number of carbonyl (C=O) groups is 2. The van der Waals surface area contributed by atoms with Crippen LogP contribution in [0.1, 0.15) is 55.5 Å². The van der Waals surface area contributed by atoms with Crippen molar-refractivity contribution in [2.24, 2.45) is 13.0 Å². The highest BCUT2D eigenvalue weighted by Crippen LogP contribution is 2.31. The number of hydrogen-bond acceptors (Lipinski definition) is 11. The van der Waals surface area contributed by atoms with E-state index in [0.717, 1.165) is 24.8 Å². The molecule has 13 nitrogen and oxygen atoms in total. The number of benzene rings is 1. The number of aromatic nitrogens is 4. The number of ether oxygens (including phenoxy) is 3. The molecule has 2 heterocycles. The summed E-state index contributed by atoms with van der Waals surface area (Å²) in [5.74, 6) is 0.269. The molecule has 0 bridgehead atoms. The van der Waals surface area contributed by atoms with Crippen molar-refractivity contribution in [1.82, 2.24) is 24.9 Å². The molecule has 14 heteroatoms. The zero-order valence-corrected chi connectivity index (χ0v) is 27.2. The van der Waals surface area contributed by atoms with E-state index in [2.05, 4.69) is 15.3 Å². The van der Waals surface area contributed by atoms with Gasteiger partial charge in [0.05, 0.1) is 42.0 Å². The highest BCUT2D eigenvalue weighted by Gasteiger charge is 2.29. The van der Waals surface area contributed by atoms with Gasteiger partial charge >= 0.3 is 12.1 Å². The van der Waals surface area contributed by atoms with Gasteiger partial charge in [0.2, 0.25) is 0 Å². The smallest absolute Gasteiger partial charge is 0.409 e. The normalized spacial score (nSPS) is 16.6. The van der Waals surface area contributed by atoms with Crippen molar-refractivity contribution in [2.75, 3.05) is 27.3 Å². The quantitative estimate of drug-likeness (QED) is 0.148. The van der Waals surface area contributed by atoms with Gasteiger partial charge in [-0.2, -0.15) is 8.42 Å². The van der Waals surface area contributed by atoms with Crippen molar-refractivity contribution in [3.63, 3.8) is 0 Å². The molecule has 2 atom stereocenters. The Morgan fingerprint density at radius 3 is 2.53 bits per heavy atom. The van der Waals surface area contributed by atoms with Crippen LogP contribution >= 0.6 is 0 Å². The van der Waals surface area contributed by atoms with E-state index in [0.29, 0.717) is 54.3 Å². The van der Waals surface area contributed by atoms with Gasteiger partial charge in [-0.1, -0.05) is 22.9 Å². The number of rotatable bonds is 13. The molecule has 1 saturated carbocycles. The van der Waals surface area contributed by atoms with E-state index in [-0.39, 0.29) is 36.1 Å². The number of pyridine rings is 1. The van der Waals surface area contributed by atoms with Crippen LogP contribution in [0.5, 0.6) is 5.75 Å². The largest absolute Gasteiger partial charge is 0.489 e. The number of methoxy groups -OCH3 is 1. The van der Waals surface area contributed by atoms with Gasteiger partial charge < -0.3 is 19.1 Å². The first-order valence-electron chi connectivity index (χ1n) is 14.9. The molecule has 0 N–H and O–H groups in total. The molecule has 3 aromatic rings. The number of carbonyl (C=O) groups excluding carboxylic acids is 2. The molecule has 1 fully saturated rings. The molecule has 1 aliphatic rings. The van der Waals surface area contributed by atoms with Crippen LogP contribution in [0.2, 0.25) is 0 Å². The molecule has 1 aliphatic carbocycles. The Kier molecular flexibility index (Phi) is 11.5. The number of amides is 1. The lowest BCUT2D eigenvalue weighted by atomic mass is 9.87. The molecule has 4 rings (SSSR count). The minimum Gasteiger partial charge on any atom is -0.489 e. The molecule has 244 valence electrons. The Labute approximate surface area is 263 Å². The molecule has 45 heavy (non-hydrogen) atoms. The van der Waals surface area contributed by atoms with Crippen LogP contribution in [-0.2, 0) is 42.2 Å². The summed E-state index contributed by atoms with van der Waals surface area (Å²) in [6.07, 6.45) is 3.47. The topological polar surface area (TPSA) is 152 Å². The van der Waals surface area contributed by atoms with E-state index < -0.39 is 16.2 Å². The van der Waals surface area contributed by atoms with Gasteiger partial charge in [-0.05, 0) is 76.6 Å².